The average Bonchev–Trinajstić information content (AvgIpc) is 3.00. The number of carbonyl (C=O) groups is 1. The van der Waals surface area contributed by atoms with Crippen LogP contribution in [0.2, 0.25) is 0 Å². The highest BCUT2D eigenvalue weighted by Gasteiger charge is 2.39. The summed E-state index contributed by atoms with van der Waals surface area (Å²) in [6.45, 7) is 0. The molecule has 6 nitrogen and oxygen atoms in total. The lowest BCUT2D eigenvalue weighted by Gasteiger charge is -2.21. The Morgan fingerprint density at radius 1 is 0.741 bits per heavy atom. The van der Waals surface area contributed by atoms with Crippen LogP contribution in [-0.2, 0) is 0 Å². The summed E-state index contributed by atoms with van der Waals surface area (Å²) < 4.78 is 6.04. The predicted molar refractivity (Wildman–Crippen MR) is 96.6 cm³/mol. The van der Waals surface area contributed by atoms with Gasteiger partial charge in [-0.3, -0.25) is 4.79 Å². The van der Waals surface area contributed by atoms with Crippen LogP contribution in [0.4, 0.5) is 0 Å². The van der Waals surface area contributed by atoms with Crippen molar-refractivity contribution in [3.63, 3.8) is 0 Å². The molecule has 4 N–H and O–H groups in total. The number of hydrogen-bond acceptors (Lipinski definition) is 6. The maximum absolute atomic E-state index is 11.6. The third-order valence-electron chi connectivity index (χ3n) is 4.66. The van der Waals surface area contributed by atoms with E-state index in [0.717, 1.165) is 5.56 Å². The Hall–Kier alpha value is -3.67. The molecule has 0 aliphatic carbocycles. The van der Waals surface area contributed by atoms with Gasteiger partial charge in [-0.05, 0) is 41.5 Å². The van der Waals surface area contributed by atoms with Gasteiger partial charge >= 0.3 is 0 Å². The van der Waals surface area contributed by atoms with E-state index in [4.69, 9.17) is 4.74 Å². The first-order valence-corrected chi connectivity index (χ1v) is 8.27. The third kappa shape index (κ3) is 2.91. The Bertz CT molecular complexity index is 1010. The van der Waals surface area contributed by atoms with Gasteiger partial charge in [0.15, 0.2) is 6.29 Å². The van der Waals surface area contributed by atoms with E-state index in [1.807, 2.05) is 0 Å². The molecule has 1 heterocycles. The smallest absolute Gasteiger partial charge is 0.150 e. The van der Waals surface area contributed by atoms with Crippen LogP contribution in [0.25, 0.3) is 0 Å². The molecule has 0 aromatic heterocycles. The van der Waals surface area contributed by atoms with Crippen molar-refractivity contribution in [2.45, 2.75) is 12.0 Å². The fraction of sp³-hybridized carbons (Fsp3) is 0.0952. The molecule has 0 saturated carbocycles. The van der Waals surface area contributed by atoms with Crippen molar-refractivity contribution in [2.24, 2.45) is 0 Å². The maximum Gasteiger partial charge on any atom is 0.150 e. The van der Waals surface area contributed by atoms with Gasteiger partial charge in [-0.1, -0.05) is 12.1 Å². The Kier molecular flexibility index (Phi) is 3.88. The highest BCUT2D eigenvalue weighted by molar-refractivity contribution is 5.81. The molecule has 27 heavy (non-hydrogen) atoms. The van der Waals surface area contributed by atoms with Crippen molar-refractivity contribution in [3.8, 4) is 28.7 Å². The monoisotopic (exact) mass is 364 g/mol. The number of fused-ring (bicyclic) bond motifs is 1. The molecule has 4 rings (SSSR count). The first-order valence-electron chi connectivity index (χ1n) is 8.27. The molecule has 0 amide bonds. The topological polar surface area (TPSA) is 107 Å². The quantitative estimate of drug-likeness (QED) is 0.529. The van der Waals surface area contributed by atoms with Gasteiger partial charge in [0.05, 0.1) is 5.92 Å². The molecule has 3 aromatic rings. The number of ether oxygens (including phenoxy) is 1. The first-order chi connectivity index (χ1) is 13.0. The molecule has 2 unspecified atom stereocenters. The minimum Gasteiger partial charge on any atom is -0.508 e. The zero-order valence-corrected chi connectivity index (χ0v) is 14.0. The number of rotatable bonds is 3. The van der Waals surface area contributed by atoms with E-state index in [2.05, 4.69) is 0 Å². The molecule has 0 spiro atoms. The molecule has 0 bridgehead atoms. The summed E-state index contributed by atoms with van der Waals surface area (Å²) in [7, 11) is 0. The zero-order valence-electron chi connectivity index (χ0n) is 14.0. The van der Waals surface area contributed by atoms with Crippen molar-refractivity contribution in [1.82, 2.24) is 0 Å². The fourth-order valence-electron chi connectivity index (χ4n) is 3.58. The van der Waals surface area contributed by atoms with Gasteiger partial charge < -0.3 is 25.2 Å². The number of hydrogen-bond donors (Lipinski definition) is 4. The summed E-state index contributed by atoms with van der Waals surface area (Å²) in [5.74, 6) is -0.387. The van der Waals surface area contributed by atoms with E-state index in [1.54, 1.807) is 12.1 Å². The predicted octanol–water partition coefficient (Wildman–Crippen LogP) is 3.59. The van der Waals surface area contributed by atoms with E-state index in [0.29, 0.717) is 23.2 Å². The lowest BCUT2D eigenvalue weighted by molar-refractivity contribution is 0.112. The molecule has 1 aliphatic heterocycles. The van der Waals surface area contributed by atoms with Crippen molar-refractivity contribution < 1.29 is 30.0 Å². The number of benzene rings is 3. The van der Waals surface area contributed by atoms with Crippen LogP contribution in [0.15, 0.2) is 54.6 Å². The second kappa shape index (κ2) is 6.25. The molecular weight excluding hydrogens is 348 g/mol. The fourth-order valence-corrected chi connectivity index (χ4v) is 3.58. The van der Waals surface area contributed by atoms with Gasteiger partial charge in [-0.15, -0.1) is 0 Å². The SMILES string of the molecule is O=Cc1cc(O)cc2c1C(c1cc(O)cc(O)c1)C(c1ccc(O)cc1)O2. The first kappa shape index (κ1) is 16.8. The van der Waals surface area contributed by atoms with Crippen molar-refractivity contribution in [3.05, 3.63) is 76.9 Å². The summed E-state index contributed by atoms with van der Waals surface area (Å²) in [5, 5.41) is 39.3. The molecule has 6 heteroatoms. The molecule has 2 atom stereocenters. The number of aldehydes is 1. The second-order valence-corrected chi connectivity index (χ2v) is 6.46. The Balaban J connectivity index is 1.94. The Morgan fingerprint density at radius 3 is 2.00 bits per heavy atom. The Morgan fingerprint density at radius 2 is 1.37 bits per heavy atom. The molecule has 0 saturated heterocycles. The highest BCUT2D eigenvalue weighted by Crippen LogP contribution is 2.52. The van der Waals surface area contributed by atoms with Gasteiger partial charge in [-0.2, -0.15) is 0 Å². The number of aromatic hydroxyl groups is 4. The third-order valence-corrected chi connectivity index (χ3v) is 4.66. The van der Waals surface area contributed by atoms with Gasteiger partial charge in [0.2, 0.25) is 0 Å². The molecule has 1 aliphatic rings. The highest BCUT2D eigenvalue weighted by atomic mass is 16.5. The second-order valence-electron chi connectivity index (χ2n) is 6.46. The van der Waals surface area contributed by atoms with Gasteiger partial charge in [0, 0.05) is 23.3 Å². The Labute approximate surface area is 154 Å². The van der Waals surface area contributed by atoms with Crippen molar-refractivity contribution in [1.29, 1.82) is 0 Å². The summed E-state index contributed by atoms with van der Waals surface area (Å²) >= 11 is 0. The molecule has 0 radical (unpaired) electrons. The number of phenols is 4. The largest absolute Gasteiger partial charge is 0.508 e. The van der Waals surface area contributed by atoms with Crippen LogP contribution in [0.3, 0.4) is 0 Å². The van der Waals surface area contributed by atoms with Gasteiger partial charge in [0.1, 0.15) is 34.9 Å². The van der Waals surface area contributed by atoms with E-state index >= 15 is 0 Å². The summed E-state index contributed by atoms with van der Waals surface area (Å²) in [6, 6.07) is 13.4. The zero-order chi connectivity index (χ0) is 19.1. The lowest BCUT2D eigenvalue weighted by Crippen LogP contribution is -2.12. The minimum absolute atomic E-state index is 0.0975. The average molecular weight is 364 g/mol. The summed E-state index contributed by atoms with van der Waals surface area (Å²) in [5.41, 5.74) is 2.11. The minimum atomic E-state index is -0.581. The number of carbonyl (C=O) groups excluding carboxylic acids is 1. The van der Waals surface area contributed by atoms with E-state index in [9.17, 15) is 25.2 Å². The van der Waals surface area contributed by atoms with Crippen molar-refractivity contribution in [2.75, 3.05) is 0 Å². The van der Waals surface area contributed by atoms with E-state index in [1.165, 1.54) is 42.5 Å². The van der Waals surface area contributed by atoms with Crippen LogP contribution in [-0.4, -0.2) is 26.7 Å². The normalized spacial score (nSPS) is 17.9. The summed E-state index contributed by atoms with van der Waals surface area (Å²) in [6.07, 6.45) is 0.0545. The maximum atomic E-state index is 11.6. The molecule has 3 aromatic carbocycles. The lowest BCUT2D eigenvalue weighted by atomic mass is 9.83. The van der Waals surface area contributed by atoms with Gasteiger partial charge in [0.25, 0.3) is 0 Å². The summed E-state index contributed by atoms with van der Waals surface area (Å²) in [4.78, 5) is 11.6. The molecular formula is C21H16O6. The number of phenolic OH excluding ortho intramolecular Hbond substituents is 4. The van der Waals surface area contributed by atoms with Gasteiger partial charge in [-0.25, -0.2) is 0 Å². The van der Waals surface area contributed by atoms with Crippen LogP contribution in [0, 0.1) is 0 Å². The van der Waals surface area contributed by atoms with Crippen LogP contribution >= 0.6 is 0 Å². The van der Waals surface area contributed by atoms with Crippen molar-refractivity contribution >= 4 is 6.29 Å². The van der Waals surface area contributed by atoms with Crippen LogP contribution < -0.4 is 4.74 Å². The molecule has 0 fully saturated rings. The van der Waals surface area contributed by atoms with Crippen LogP contribution in [0.1, 0.15) is 39.1 Å². The van der Waals surface area contributed by atoms with E-state index in [-0.39, 0.29) is 28.6 Å². The molecule has 136 valence electrons. The van der Waals surface area contributed by atoms with E-state index < -0.39 is 12.0 Å². The standard InChI is InChI=1S/C21H16O6/c22-10-13-7-17(26)9-18-19(13)20(12-5-15(24)8-16(25)6-12)21(27-18)11-1-3-14(23)4-2-11/h1-10,20-21,23-26H. The van der Waals surface area contributed by atoms with Crippen LogP contribution in [0.5, 0.6) is 28.7 Å².